The van der Waals surface area contributed by atoms with Crippen molar-refractivity contribution in [3.8, 4) is 0 Å². The fourth-order valence-electron chi connectivity index (χ4n) is 8.04. The molecule has 2 spiro atoms. The van der Waals surface area contributed by atoms with Crippen LogP contribution in [0.5, 0.6) is 0 Å². The van der Waals surface area contributed by atoms with E-state index in [1.54, 1.807) is 0 Å². The molecule has 5 nitrogen and oxygen atoms in total. The van der Waals surface area contributed by atoms with Crippen molar-refractivity contribution in [1.29, 1.82) is 0 Å². The van der Waals surface area contributed by atoms with Gasteiger partial charge in [-0.1, -0.05) is 60.1 Å². The van der Waals surface area contributed by atoms with Gasteiger partial charge in [0.05, 0.1) is 11.5 Å². The van der Waals surface area contributed by atoms with Crippen LogP contribution in [0, 0.1) is 40.4 Å². The summed E-state index contributed by atoms with van der Waals surface area (Å²) in [5.74, 6) is 0.655. The van der Waals surface area contributed by atoms with Crippen molar-refractivity contribution in [1.82, 2.24) is 0 Å². The zero-order chi connectivity index (χ0) is 24.5. The van der Waals surface area contributed by atoms with Crippen LogP contribution in [0.2, 0.25) is 18.1 Å². The third-order valence-corrected chi connectivity index (χ3v) is 15.6. The molecule has 184 valence electrons. The van der Waals surface area contributed by atoms with E-state index in [0.717, 1.165) is 18.4 Å². The summed E-state index contributed by atoms with van der Waals surface area (Å²) in [6, 6.07) is 0. The maximum Gasteiger partial charge on any atom is 0.509 e. The summed E-state index contributed by atoms with van der Waals surface area (Å²) in [6.45, 7) is 22.2. The van der Waals surface area contributed by atoms with Crippen LogP contribution >= 0.6 is 0 Å². The van der Waals surface area contributed by atoms with Gasteiger partial charge in [-0.25, -0.2) is 4.79 Å². The molecule has 4 fully saturated rings. The highest BCUT2D eigenvalue weighted by atomic mass is 28.4. The van der Waals surface area contributed by atoms with Crippen LogP contribution in [0.4, 0.5) is 4.79 Å². The average Bonchev–Trinajstić information content (AvgIpc) is 2.99. The summed E-state index contributed by atoms with van der Waals surface area (Å²) in [4.78, 5) is 27.6. The molecular formula is C27H42O5Si. The smallest absolute Gasteiger partial charge is 0.426 e. The number of hydrogen-bond acceptors (Lipinski definition) is 5. The quantitative estimate of drug-likeness (QED) is 0.273. The summed E-state index contributed by atoms with van der Waals surface area (Å²) >= 11 is 0. The Labute approximate surface area is 200 Å². The molecule has 0 aromatic rings. The standard InChI is InChI=1S/C27H42O5Si/c1-14-13-26-12-11-17-19(25(17,7)8)18(21(26)28)20(32-33(9,10)24(4,5)6)15(2)22-27(26,16(14)3)31-23(29)30-22/h13,15-20,22H,11-12H2,1-10H3/t15-,16-,17+,18+,19+,20+,22+,26+,27+/m0/s1. The van der Waals surface area contributed by atoms with Crippen molar-refractivity contribution in [2.45, 2.75) is 104 Å². The van der Waals surface area contributed by atoms with Gasteiger partial charge in [0.2, 0.25) is 0 Å². The van der Waals surface area contributed by atoms with Gasteiger partial charge in [0, 0.05) is 17.8 Å². The van der Waals surface area contributed by atoms with E-state index in [0.29, 0.717) is 11.8 Å². The Bertz CT molecular complexity index is 945. The number of ketones is 1. The molecule has 0 N–H and O–H groups in total. The van der Waals surface area contributed by atoms with Crippen LogP contribution in [0.25, 0.3) is 0 Å². The third kappa shape index (κ3) is 2.68. The zero-order valence-corrected chi connectivity index (χ0v) is 23.1. The third-order valence-electron chi connectivity index (χ3n) is 11.1. The summed E-state index contributed by atoms with van der Waals surface area (Å²) < 4.78 is 19.3. The lowest BCUT2D eigenvalue weighted by Crippen LogP contribution is -2.59. The molecule has 33 heavy (non-hydrogen) atoms. The van der Waals surface area contributed by atoms with Crippen LogP contribution in [0.3, 0.4) is 0 Å². The van der Waals surface area contributed by atoms with Gasteiger partial charge in [0.25, 0.3) is 0 Å². The van der Waals surface area contributed by atoms with E-state index in [2.05, 4.69) is 74.6 Å². The van der Waals surface area contributed by atoms with E-state index in [9.17, 15) is 9.59 Å². The molecule has 5 rings (SSSR count). The number of Topliss-reactive ketones (excluding diaryl/α,β-unsaturated/α-hetero) is 1. The first-order chi connectivity index (χ1) is 15.0. The molecule has 2 bridgehead atoms. The monoisotopic (exact) mass is 474 g/mol. The second-order valence-electron chi connectivity index (χ2n) is 13.8. The molecule has 0 amide bonds. The molecule has 0 unspecified atom stereocenters. The molecule has 6 heteroatoms. The predicted molar refractivity (Wildman–Crippen MR) is 129 cm³/mol. The van der Waals surface area contributed by atoms with Gasteiger partial charge in [-0.15, -0.1) is 0 Å². The van der Waals surface area contributed by atoms with Crippen LogP contribution < -0.4 is 0 Å². The SMILES string of the molecule is CC1=C[C@]23CC[C@@H]4[C@H]([C@@H](C2=O)[C@H](O[Si](C)(C)C(C)(C)C)[C@H](C)[C@H]2OC(=O)O[C@]23[C@H]1C)C4(C)C. The van der Waals surface area contributed by atoms with Crippen LogP contribution in [0.1, 0.15) is 68.2 Å². The topological polar surface area (TPSA) is 61.8 Å². The van der Waals surface area contributed by atoms with Crippen molar-refractivity contribution >= 4 is 20.3 Å². The zero-order valence-electron chi connectivity index (χ0n) is 22.1. The maximum atomic E-state index is 14.8. The minimum atomic E-state index is -2.20. The molecule has 0 radical (unpaired) electrons. The molecule has 0 aromatic carbocycles. The highest BCUT2D eigenvalue weighted by Crippen LogP contribution is 2.73. The Kier molecular flexibility index (Phi) is 4.67. The van der Waals surface area contributed by atoms with Crippen LogP contribution in [-0.2, 0) is 18.7 Å². The first kappa shape index (κ1) is 23.6. The molecule has 1 saturated heterocycles. The molecule has 1 heterocycles. The summed E-state index contributed by atoms with van der Waals surface area (Å²) in [7, 11) is -2.20. The maximum absolute atomic E-state index is 14.8. The summed E-state index contributed by atoms with van der Waals surface area (Å²) in [5.41, 5.74) is -0.517. The highest BCUT2D eigenvalue weighted by Gasteiger charge is 2.80. The van der Waals surface area contributed by atoms with Gasteiger partial charge in [-0.05, 0) is 55.1 Å². The normalized spacial score (nSPS) is 47.9. The van der Waals surface area contributed by atoms with Gasteiger partial charge in [-0.3, -0.25) is 4.79 Å². The lowest BCUT2D eigenvalue weighted by atomic mass is 9.62. The van der Waals surface area contributed by atoms with Gasteiger partial charge >= 0.3 is 6.16 Å². The largest absolute Gasteiger partial charge is 0.509 e. The molecule has 5 aliphatic rings. The second kappa shape index (κ2) is 6.54. The minimum Gasteiger partial charge on any atom is -0.426 e. The summed E-state index contributed by atoms with van der Waals surface area (Å²) in [5, 5.41) is 0.0170. The molecule has 3 saturated carbocycles. The molecule has 9 atom stereocenters. The highest BCUT2D eigenvalue weighted by molar-refractivity contribution is 6.74. The Hall–Kier alpha value is -1.14. The lowest BCUT2D eigenvalue weighted by molar-refractivity contribution is -0.147. The Balaban J connectivity index is 1.73. The van der Waals surface area contributed by atoms with Gasteiger partial charge in [-0.2, -0.15) is 0 Å². The van der Waals surface area contributed by atoms with E-state index in [-0.39, 0.29) is 40.1 Å². The first-order valence-electron chi connectivity index (χ1n) is 12.8. The number of ether oxygens (including phenoxy) is 2. The second-order valence-corrected chi connectivity index (χ2v) is 18.6. The van der Waals surface area contributed by atoms with Crippen molar-refractivity contribution in [3.05, 3.63) is 11.6 Å². The predicted octanol–water partition coefficient (Wildman–Crippen LogP) is 6.13. The Morgan fingerprint density at radius 3 is 2.39 bits per heavy atom. The Morgan fingerprint density at radius 1 is 1.15 bits per heavy atom. The minimum absolute atomic E-state index is 0.0170. The van der Waals surface area contributed by atoms with Gasteiger partial charge < -0.3 is 13.9 Å². The van der Waals surface area contributed by atoms with Crippen LogP contribution in [-0.4, -0.2) is 38.1 Å². The van der Waals surface area contributed by atoms with Crippen molar-refractivity contribution in [2.75, 3.05) is 0 Å². The summed E-state index contributed by atoms with van der Waals surface area (Å²) in [6.07, 6.45) is 2.47. The average molecular weight is 475 g/mol. The molecule has 4 aliphatic carbocycles. The van der Waals surface area contributed by atoms with E-state index >= 15 is 0 Å². The lowest BCUT2D eigenvalue weighted by Gasteiger charge is -2.45. The molecular weight excluding hydrogens is 432 g/mol. The number of rotatable bonds is 2. The van der Waals surface area contributed by atoms with Crippen molar-refractivity contribution in [3.63, 3.8) is 0 Å². The van der Waals surface area contributed by atoms with E-state index in [1.165, 1.54) is 0 Å². The van der Waals surface area contributed by atoms with Gasteiger partial charge in [0.15, 0.2) is 25.8 Å². The fraction of sp³-hybridized carbons (Fsp3) is 0.852. The molecule has 0 aromatic heterocycles. The van der Waals surface area contributed by atoms with Crippen LogP contribution in [0.15, 0.2) is 11.6 Å². The molecule has 1 aliphatic heterocycles. The number of fused-ring (bicyclic) bond motifs is 3. The number of carbonyl (C=O) groups excluding carboxylic acids is 2. The van der Waals surface area contributed by atoms with E-state index in [4.69, 9.17) is 13.9 Å². The number of hydrogen-bond donors (Lipinski definition) is 0. The Morgan fingerprint density at radius 2 is 1.79 bits per heavy atom. The number of carbonyl (C=O) groups is 2. The van der Waals surface area contributed by atoms with Crippen molar-refractivity contribution < 1.29 is 23.5 Å². The van der Waals surface area contributed by atoms with E-state index < -0.39 is 31.6 Å². The van der Waals surface area contributed by atoms with Crippen molar-refractivity contribution in [2.24, 2.45) is 40.4 Å². The first-order valence-corrected chi connectivity index (χ1v) is 15.7. The van der Waals surface area contributed by atoms with E-state index in [1.807, 2.05) is 0 Å². The van der Waals surface area contributed by atoms with Gasteiger partial charge in [0.1, 0.15) is 0 Å². The fourth-order valence-corrected chi connectivity index (χ4v) is 9.43.